The van der Waals surface area contributed by atoms with Gasteiger partial charge in [0.25, 0.3) is 0 Å². The van der Waals surface area contributed by atoms with Gasteiger partial charge in [0.2, 0.25) is 0 Å². The molecule has 2 N–H and O–H groups in total. The zero-order chi connectivity index (χ0) is 15.6. The first-order valence-corrected chi connectivity index (χ1v) is 9.15. The van der Waals surface area contributed by atoms with Crippen LogP contribution in [0.1, 0.15) is 56.9 Å². The van der Waals surface area contributed by atoms with E-state index in [9.17, 15) is 0 Å². The number of rotatable bonds is 4. The third kappa shape index (κ3) is 3.23. The van der Waals surface area contributed by atoms with Crippen molar-refractivity contribution >= 4 is 10.9 Å². The first-order chi connectivity index (χ1) is 11.3. The molecule has 1 aromatic heterocycles. The summed E-state index contributed by atoms with van der Waals surface area (Å²) < 4.78 is 6.38. The Labute approximate surface area is 138 Å². The van der Waals surface area contributed by atoms with Gasteiger partial charge in [0.05, 0.1) is 11.7 Å². The molecule has 0 aliphatic heterocycles. The maximum Gasteiger partial charge on any atom is 0.123 e. The van der Waals surface area contributed by atoms with Crippen LogP contribution in [0.4, 0.5) is 0 Å². The van der Waals surface area contributed by atoms with Gasteiger partial charge in [-0.05, 0) is 57.6 Å². The van der Waals surface area contributed by atoms with E-state index in [1.54, 1.807) is 0 Å². The largest absolute Gasteiger partial charge is 0.490 e. The van der Waals surface area contributed by atoms with E-state index >= 15 is 0 Å². The van der Waals surface area contributed by atoms with Crippen LogP contribution in [0.5, 0.6) is 5.75 Å². The molecular formula is C19H27N3O. The number of aromatic nitrogens is 2. The minimum Gasteiger partial charge on any atom is -0.490 e. The molecular weight excluding hydrogens is 286 g/mol. The summed E-state index contributed by atoms with van der Waals surface area (Å²) in [5.74, 6) is 1.02. The summed E-state index contributed by atoms with van der Waals surface area (Å²) in [6, 6.07) is 5.54. The van der Waals surface area contributed by atoms with Crippen LogP contribution >= 0.6 is 0 Å². The zero-order valence-corrected chi connectivity index (χ0v) is 14.0. The van der Waals surface area contributed by atoms with Crippen LogP contribution in [0.25, 0.3) is 10.9 Å². The van der Waals surface area contributed by atoms with Crippen LogP contribution in [0, 0.1) is 6.92 Å². The fourth-order valence-corrected chi connectivity index (χ4v) is 4.28. The van der Waals surface area contributed by atoms with E-state index in [0.29, 0.717) is 12.1 Å². The SMILES string of the molecule is Cc1c(OC2CCCC(NC3CCCC3)C2)ccc2[nH]ncc12. The summed E-state index contributed by atoms with van der Waals surface area (Å²) in [6.07, 6.45) is 12.6. The van der Waals surface area contributed by atoms with Crippen molar-refractivity contribution in [1.29, 1.82) is 0 Å². The van der Waals surface area contributed by atoms with Crippen molar-refractivity contribution in [3.8, 4) is 5.75 Å². The van der Waals surface area contributed by atoms with Gasteiger partial charge in [0.15, 0.2) is 0 Å². The highest BCUT2D eigenvalue weighted by molar-refractivity contribution is 5.83. The van der Waals surface area contributed by atoms with Gasteiger partial charge in [-0.15, -0.1) is 0 Å². The highest BCUT2D eigenvalue weighted by atomic mass is 16.5. The number of hydrogen-bond donors (Lipinski definition) is 2. The van der Waals surface area contributed by atoms with Gasteiger partial charge in [-0.1, -0.05) is 12.8 Å². The minimum atomic E-state index is 0.339. The Bertz CT molecular complexity index is 660. The second-order valence-corrected chi connectivity index (χ2v) is 7.27. The molecule has 0 radical (unpaired) electrons. The molecule has 0 saturated heterocycles. The smallest absolute Gasteiger partial charge is 0.123 e. The van der Waals surface area contributed by atoms with Crippen molar-refractivity contribution in [2.45, 2.75) is 76.5 Å². The summed E-state index contributed by atoms with van der Waals surface area (Å²) in [5, 5.41) is 12.2. The molecule has 2 fully saturated rings. The van der Waals surface area contributed by atoms with Crippen LogP contribution in [0.3, 0.4) is 0 Å². The quantitative estimate of drug-likeness (QED) is 0.893. The molecule has 0 amide bonds. The molecule has 2 aromatic rings. The molecule has 2 aliphatic rings. The second kappa shape index (κ2) is 6.52. The summed E-state index contributed by atoms with van der Waals surface area (Å²) in [6.45, 7) is 2.13. The van der Waals surface area contributed by atoms with E-state index in [-0.39, 0.29) is 0 Å². The van der Waals surface area contributed by atoms with E-state index in [4.69, 9.17) is 4.74 Å². The van der Waals surface area contributed by atoms with E-state index in [2.05, 4.69) is 34.6 Å². The third-order valence-corrected chi connectivity index (χ3v) is 5.59. The summed E-state index contributed by atoms with van der Waals surface area (Å²) >= 11 is 0. The van der Waals surface area contributed by atoms with Crippen LogP contribution in [-0.2, 0) is 0 Å². The molecule has 2 atom stereocenters. The third-order valence-electron chi connectivity index (χ3n) is 5.59. The number of H-pyrrole nitrogens is 1. The number of ether oxygens (including phenoxy) is 1. The number of fused-ring (bicyclic) bond motifs is 1. The van der Waals surface area contributed by atoms with Crippen LogP contribution in [0.15, 0.2) is 18.3 Å². The Morgan fingerprint density at radius 1 is 1.09 bits per heavy atom. The molecule has 1 heterocycles. The Balaban J connectivity index is 1.41. The maximum absolute atomic E-state index is 6.38. The number of benzene rings is 1. The van der Waals surface area contributed by atoms with Crippen molar-refractivity contribution < 1.29 is 4.74 Å². The predicted octanol–water partition coefficient (Wildman–Crippen LogP) is 4.09. The molecule has 2 aliphatic carbocycles. The zero-order valence-electron chi connectivity index (χ0n) is 14.0. The summed E-state index contributed by atoms with van der Waals surface area (Å²) in [7, 11) is 0. The van der Waals surface area contributed by atoms with E-state index in [1.807, 2.05) is 6.20 Å². The molecule has 0 spiro atoms. The van der Waals surface area contributed by atoms with Gasteiger partial charge in [0, 0.05) is 23.0 Å². The van der Waals surface area contributed by atoms with Crippen LogP contribution in [0.2, 0.25) is 0 Å². The molecule has 2 unspecified atom stereocenters. The average molecular weight is 313 g/mol. The highest BCUT2D eigenvalue weighted by Gasteiger charge is 2.26. The lowest BCUT2D eigenvalue weighted by atomic mass is 9.92. The summed E-state index contributed by atoms with van der Waals surface area (Å²) in [5.41, 5.74) is 2.28. The first-order valence-electron chi connectivity index (χ1n) is 9.15. The van der Waals surface area contributed by atoms with Gasteiger partial charge in [-0.3, -0.25) is 5.10 Å². The van der Waals surface area contributed by atoms with Gasteiger partial charge in [0.1, 0.15) is 11.9 Å². The molecule has 1 aromatic carbocycles. The second-order valence-electron chi connectivity index (χ2n) is 7.27. The van der Waals surface area contributed by atoms with E-state index in [1.165, 1.54) is 55.9 Å². The summed E-state index contributed by atoms with van der Waals surface area (Å²) in [4.78, 5) is 0. The lowest BCUT2D eigenvalue weighted by Gasteiger charge is -2.32. The monoisotopic (exact) mass is 313 g/mol. The number of aromatic amines is 1. The van der Waals surface area contributed by atoms with Crippen LogP contribution in [-0.4, -0.2) is 28.4 Å². The standard InChI is InChI=1S/C19H27N3O/c1-13-17-12-20-22-18(17)9-10-19(13)23-16-8-4-7-15(11-16)21-14-5-2-3-6-14/h9-10,12,14-16,21H,2-8,11H2,1H3,(H,20,22). The normalized spacial score (nSPS) is 26.0. The van der Waals surface area contributed by atoms with Crippen molar-refractivity contribution in [3.05, 3.63) is 23.9 Å². The number of nitrogens with zero attached hydrogens (tertiary/aromatic N) is 1. The van der Waals surface area contributed by atoms with Crippen molar-refractivity contribution in [2.24, 2.45) is 0 Å². The molecule has 4 nitrogen and oxygen atoms in total. The molecule has 4 heteroatoms. The fourth-order valence-electron chi connectivity index (χ4n) is 4.28. The van der Waals surface area contributed by atoms with Gasteiger partial charge in [-0.2, -0.15) is 5.10 Å². The van der Waals surface area contributed by atoms with Crippen molar-refractivity contribution in [3.63, 3.8) is 0 Å². The van der Waals surface area contributed by atoms with E-state index < -0.39 is 0 Å². The van der Waals surface area contributed by atoms with E-state index in [0.717, 1.165) is 23.7 Å². The number of nitrogens with one attached hydrogen (secondary N) is 2. The van der Waals surface area contributed by atoms with Gasteiger partial charge < -0.3 is 10.1 Å². The molecule has 4 rings (SSSR count). The molecule has 0 bridgehead atoms. The Hall–Kier alpha value is -1.55. The lowest BCUT2D eigenvalue weighted by Crippen LogP contribution is -2.42. The Morgan fingerprint density at radius 3 is 2.78 bits per heavy atom. The average Bonchev–Trinajstić information content (AvgIpc) is 3.22. The van der Waals surface area contributed by atoms with Crippen molar-refractivity contribution in [1.82, 2.24) is 15.5 Å². The molecule has 23 heavy (non-hydrogen) atoms. The lowest BCUT2D eigenvalue weighted by molar-refractivity contribution is 0.130. The molecule has 2 saturated carbocycles. The first kappa shape index (κ1) is 15.0. The molecule has 124 valence electrons. The van der Waals surface area contributed by atoms with Crippen LogP contribution < -0.4 is 10.1 Å². The highest BCUT2D eigenvalue weighted by Crippen LogP contribution is 2.30. The number of hydrogen-bond acceptors (Lipinski definition) is 3. The predicted molar refractivity (Wildman–Crippen MR) is 92.9 cm³/mol. The Morgan fingerprint density at radius 2 is 1.91 bits per heavy atom. The van der Waals surface area contributed by atoms with Crippen molar-refractivity contribution in [2.75, 3.05) is 0 Å². The maximum atomic E-state index is 6.38. The minimum absolute atomic E-state index is 0.339. The van der Waals surface area contributed by atoms with Gasteiger partial charge >= 0.3 is 0 Å². The fraction of sp³-hybridized carbons (Fsp3) is 0.632. The number of aryl methyl sites for hydroxylation is 1. The Kier molecular flexibility index (Phi) is 4.25. The topological polar surface area (TPSA) is 49.9 Å². The van der Waals surface area contributed by atoms with Gasteiger partial charge in [-0.25, -0.2) is 0 Å².